The van der Waals surface area contributed by atoms with E-state index in [-0.39, 0.29) is 0 Å². The molecule has 60 valence electrons. The van der Waals surface area contributed by atoms with E-state index in [1.54, 1.807) is 0 Å². The van der Waals surface area contributed by atoms with Gasteiger partial charge in [-0.1, -0.05) is 6.92 Å². The van der Waals surface area contributed by atoms with Crippen molar-refractivity contribution in [1.29, 1.82) is 0 Å². The SMILES string of the molecule is Cc1cc2n(n1)CCCC2C. The summed E-state index contributed by atoms with van der Waals surface area (Å²) in [7, 11) is 0. The van der Waals surface area contributed by atoms with E-state index in [0.717, 1.165) is 12.2 Å². The van der Waals surface area contributed by atoms with Gasteiger partial charge in [-0.05, 0) is 31.7 Å². The molecule has 0 bridgehead atoms. The third-order valence-corrected chi connectivity index (χ3v) is 2.45. The Morgan fingerprint density at radius 2 is 2.45 bits per heavy atom. The van der Waals surface area contributed by atoms with Gasteiger partial charge in [0.1, 0.15) is 0 Å². The van der Waals surface area contributed by atoms with Crippen LogP contribution in [0.15, 0.2) is 6.07 Å². The van der Waals surface area contributed by atoms with Crippen LogP contribution in [-0.2, 0) is 6.54 Å². The van der Waals surface area contributed by atoms with E-state index in [9.17, 15) is 0 Å². The summed E-state index contributed by atoms with van der Waals surface area (Å²) in [6.07, 6.45) is 2.61. The van der Waals surface area contributed by atoms with Gasteiger partial charge in [-0.15, -0.1) is 0 Å². The minimum atomic E-state index is 0.713. The Labute approximate surface area is 67.2 Å². The maximum atomic E-state index is 4.42. The summed E-state index contributed by atoms with van der Waals surface area (Å²) >= 11 is 0. The topological polar surface area (TPSA) is 17.8 Å². The maximum Gasteiger partial charge on any atom is 0.0596 e. The first-order chi connectivity index (χ1) is 5.27. The number of hydrogen-bond donors (Lipinski definition) is 0. The van der Waals surface area contributed by atoms with Gasteiger partial charge >= 0.3 is 0 Å². The molecular weight excluding hydrogens is 136 g/mol. The zero-order valence-corrected chi connectivity index (χ0v) is 7.17. The Morgan fingerprint density at radius 3 is 3.18 bits per heavy atom. The average Bonchev–Trinajstić information content (AvgIpc) is 2.31. The van der Waals surface area contributed by atoms with Gasteiger partial charge in [-0.25, -0.2) is 0 Å². The summed E-state index contributed by atoms with van der Waals surface area (Å²) in [5.74, 6) is 0.713. The van der Waals surface area contributed by atoms with Crippen molar-refractivity contribution >= 4 is 0 Å². The van der Waals surface area contributed by atoms with Gasteiger partial charge in [0.15, 0.2) is 0 Å². The quantitative estimate of drug-likeness (QED) is 0.553. The van der Waals surface area contributed by atoms with Gasteiger partial charge in [0.25, 0.3) is 0 Å². The number of rotatable bonds is 0. The summed E-state index contributed by atoms with van der Waals surface area (Å²) in [4.78, 5) is 0. The molecule has 0 aliphatic carbocycles. The Kier molecular flexibility index (Phi) is 1.48. The smallest absolute Gasteiger partial charge is 0.0596 e. The molecule has 0 N–H and O–H groups in total. The van der Waals surface area contributed by atoms with Crippen LogP contribution in [0.4, 0.5) is 0 Å². The number of hydrogen-bond acceptors (Lipinski definition) is 1. The molecule has 1 aromatic heterocycles. The molecule has 0 aromatic carbocycles. The lowest BCUT2D eigenvalue weighted by atomic mass is 9.98. The third-order valence-electron chi connectivity index (χ3n) is 2.45. The maximum absolute atomic E-state index is 4.42. The fraction of sp³-hybridized carbons (Fsp3) is 0.667. The predicted molar refractivity (Wildman–Crippen MR) is 44.6 cm³/mol. The van der Waals surface area contributed by atoms with Crippen molar-refractivity contribution in [3.05, 3.63) is 17.5 Å². The largest absolute Gasteiger partial charge is 0.269 e. The monoisotopic (exact) mass is 150 g/mol. The zero-order valence-electron chi connectivity index (χ0n) is 7.17. The number of nitrogens with zero attached hydrogens (tertiary/aromatic N) is 2. The van der Waals surface area contributed by atoms with E-state index < -0.39 is 0 Å². The van der Waals surface area contributed by atoms with Crippen LogP contribution < -0.4 is 0 Å². The van der Waals surface area contributed by atoms with Gasteiger partial charge in [0, 0.05) is 12.2 Å². The highest BCUT2D eigenvalue weighted by atomic mass is 15.3. The number of aryl methyl sites for hydroxylation is 2. The molecule has 1 aromatic rings. The van der Waals surface area contributed by atoms with Crippen LogP contribution in [0.3, 0.4) is 0 Å². The molecule has 1 aliphatic rings. The van der Waals surface area contributed by atoms with E-state index in [1.165, 1.54) is 18.5 Å². The van der Waals surface area contributed by atoms with E-state index >= 15 is 0 Å². The minimum Gasteiger partial charge on any atom is -0.269 e. The molecule has 2 heterocycles. The third kappa shape index (κ3) is 1.06. The van der Waals surface area contributed by atoms with Crippen molar-refractivity contribution in [1.82, 2.24) is 9.78 Å². The van der Waals surface area contributed by atoms with Crippen molar-refractivity contribution in [2.24, 2.45) is 0 Å². The Hall–Kier alpha value is -0.790. The van der Waals surface area contributed by atoms with Gasteiger partial charge in [0.05, 0.1) is 5.69 Å². The minimum absolute atomic E-state index is 0.713. The molecule has 0 radical (unpaired) electrons. The van der Waals surface area contributed by atoms with Crippen molar-refractivity contribution in [2.45, 2.75) is 39.2 Å². The van der Waals surface area contributed by atoms with Crippen molar-refractivity contribution < 1.29 is 0 Å². The van der Waals surface area contributed by atoms with E-state index in [0.29, 0.717) is 5.92 Å². The van der Waals surface area contributed by atoms with Crippen molar-refractivity contribution in [3.8, 4) is 0 Å². The molecule has 11 heavy (non-hydrogen) atoms. The van der Waals surface area contributed by atoms with Crippen LogP contribution >= 0.6 is 0 Å². The van der Waals surface area contributed by atoms with Crippen LogP contribution in [0.25, 0.3) is 0 Å². The molecular formula is C9H14N2. The van der Waals surface area contributed by atoms with E-state index in [4.69, 9.17) is 0 Å². The highest BCUT2D eigenvalue weighted by Gasteiger charge is 2.16. The molecule has 0 fully saturated rings. The Morgan fingerprint density at radius 1 is 1.64 bits per heavy atom. The molecule has 1 aliphatic heterocycles. The van der Waals surface area contributed by atoms with Gasteiger partial charge in [-0.2, -0.15) is 5.10 Å². The molecule has 0 spiro atoms. The first kappa shape index (κ1) is 6.89. The standard InChI is InChI=1S/C9H14N2/c1-7-4-3-5-11-9(7)6-8(2)10-11/h6-7H,3-5H2,1-2H3. The fourth-order valence-electron chi connectivity index (χ4n) is 1.84. The van der Waals surface area contributed by atoms with Crippen LogP contribution in [0.1, 0.15) is 37.1 Å². The van der Waals surface area contributed by atoms with E-state index in [2.05, 4.69) is 29.7 Å². The number of aromatic nitrogens is 2. The first-order valence-corrected chi connectivity index (χ1v) is 4.32. The summed E-state index contributed by atoms with van der Waals surface area (Å²) in [5.41, 5.74) is 2.59. The van der Waals surface area contributed by atoms with Gasteiger partial charge in [-0.3, -0.25) is 4.68 Å². The van der Waals surface area contributed by atoms with Crippen molar-refractivity contribution in [3.63, 3.8) is 0 Å². The highest BCUT2D eigenvalue weighted by Crippen LogP contribution is 2.26. The lowest BCUT2D eigenvalue weighted by Crippen LogP contribution is -2.13. The average molecular weight is 150 g/mol. The molecule has 2 heteroatoms. The zero-order chi connectivity index (χ0) is 7.84. The fourth-order valence-corrected chi connectivity index (χ4v) is 1.84. The molecule has 1 atom stereocenters. The lowest BCUT2D eigenvalue weighted by molar-refractivity contribution is 0.439. The highest BCUT2D eigenvalue weighted by molar-refractivity contribution is 5.14. The first-order valence-electron chi connectivity index (χ1n) is 4.32. The molecule has 0 saturated heterocycles. The van der Waals surface area contributed by atoms with Gasteiger partial charge in [0.2, 0.25) is 0 Å². The Balaban J connectivity index is 2.43. The van der Waals surface area contributed by atoms with Crippen LogP contribution in [-0.4, -0.2) is 9.78 Å². The molecule has 1 unspecified atom stereocenters. The predicted octanol–water partition coefficient (Wildman–Crippen LogP) is 2.09. The summed E-state index contributed by atoms with van der Waals surface area (Å²) in [6, 6.07) is 2.21. The second-order valence-corrected chi connectivity index (χ2v) is 3.48. The van der Waals surface area contributed by atoms with Crippen LogP contribution in [0, 0.1) is 6.92 Å². The normalized spacial score (nSPS) is 23.3. The molecule has 2 rings (SSSR count). The van der Waals surface area contributed by atoms with Crippen LogP contribution in [0.5, 0.6) is 0 Å². The van der Waals surface area contributed by atoms with Gasteiger partial charge < -0.3 is 0 Å². The summed E-state index contributed by atoms with van der Waals surface area (Å²) in [5, 5.41) is 4.42. The Bertz CT molecular complexity index is 263. The molecule has 2 nitrogen and oxygen atoms in total. The summed E-state index contributed by atoms with van der Waals surface area (Å²) < 4.78 is 2.16. The van der Waals surface area contributed by atoms with E-state index in [1.807, 2.05) is 0 Å². The van der Waals surface area contributed by atoms with Crippen LogP contribution in [0.2, 0.25) is 0 Å². The van der Waals surface area contributed by atoms with Crippen molar-refractivity contribution in [2.75, 3.05) is 0 Å². The second-order valence-electron chi connectivity index (χ2n) is 3.48. The molecule has 0 saturated carbocycles. The summed E-state index contributed by atoms with van der Waals surface area (Å²) in [6.45, 7) is 5.47. The lowest BCUT2D eigenvalue weighted by Gasteiger charge is -2.19. The number of fused-ring (bicyclic) bond motifs is 1. The molecule has 0 amide bonds. The second kappa shape index (κ2) is 2.36.